The summed E-state index contributed by atoms with van der Waals surface area (Å²) < 4.78 is 5.56. The molecule has 0 unspecified atom stereocenters. The minimum atomic E-state index is -0.406. The zero-order valence-electron chi connectivity index (χ0n) is 15.1. The standard InChI is InChI=1S/C22H26O4/c23-19-9-11-22-10-5-4-8-17(20(22)24)12-15(13-18(19)22)14-26-21(25)16-6-2-1-3-7-16/h1-3,6-7,15,17-18H,4-5,8-14H2/t15-,17+,18+,22-/m0/s1. The van der Waals surface area contributed by atoms with Crippen LogP contribution in [0.25, 0.3) is 0 Å². The minimum Gasteiger partial charge on any atom is -0.462 e. The maximum Gasteiger partial charge on any atom is 0.338 e. The van der Waals surface area contributed by atoms with Crippen molar-refractivity contribution in [3.05, 3.63) is 35.9 Å². The summed E-state index contributed by atoms with van der Waals surface area (Å²) in [5, 5.41) is 0. The average molecular weight is 354 g/mol. The summed E-state index contributed by atoms with van der Waals surface area (Å²) in [6, 6.07) is 8.97. The van der Waals surface area contributed by atoms with Crippen LogP contribution < -0.4 is 0 Å². The van der Waals surface area contributed by atoms with Gasteiger partial charge in [-0.1, -0.05) is 31.0 Å². The number of hydrogen-bond donors (Lipinski definition) is 0. The predicted octanol–water partition coefficient (Wildman–Crippen LogP) is 3.98. The summed E-state index contributed by atoms with van der Waals surface area (Å²) in [5.41, 5.74) is 0.136. The molecule has 0 aliphatic heterocycles. The molecular weight excluding hydrogens is 328 g/mol. The van der Waals surface area contributed by atoms with Crippen LogP contribution >= 0.6 is 0 Å². The second-order valence-corrected chi connectivity index (χ2v) is 8.28. The summed E-state index contributed by atoms with van der Waals surface area (Å²) in [6.45, 7) is 0.303. The first-order valence-corrected chi connectivity index (χ1v) is 9.89. The Morgan fingerprint density at radius 3 is 2.69 bits per heavy atom. The van der Waals surface area contributed by atoms with Gasteiger partial charge in [0, 0.05) is 23.7 Å². The smallest absolute Gasteiger partial charge is 0.338 e. The van der Waals surface area contributed by atoms with Crippen molar-refractivity contribution in [1.82, 2.24) is 0 Å². The maximum absolute atomic E-state index is 13.2. The molecule has 138 valence electrons. The van der Waals surface area contributed by atoms with Crippen LogP contribution in [-0.2, 0) is 14.3 Å². The van der Waals surface area contributed by atoms with E-state index in [0.717, 1.165) is 38.5 Å². The van der Waals surface area contributed by atoms with Gasteiger partial charge in [-0.05, 0) is 50.2 Å². The van der Waals surface area contributed by atoms with E-state index in [9.17, 15) is 14.4 Å². The molecule has 3 fully saturated rings. The maximum atomic E-state index is 13.2. The van der Waals surface area contributed by atoms with Crippen LogP contribution in [0.1, 0.15) is 61.7 Å². The van der Waals surface area contributed by atoms with Gasteiger partial charge < -0.3 is 4.74 Å². The fraction of sp³-hybridized carbons (Fsp3) is 0.591. The zero-order chi connectivity index (χ0) is 18.1. The molecule has 4 heteroatoms. The first-order chi connectivity index (χ1) is 12.6. The number of rotatable bonds is 3. The van der Waals surface area contributed by atoms with Crippen molar-refractivity contribution in [2.45, 2.75) is 51.4 Å². The van der Waals surface area contributed by atoms with Crippen molar-refractivity contribution in [2.24, 2.45) is 23.2 Å². The van der Waals surface area contributed by atoms with E-state index >= 15 is 0 Å². The molecule has 4 nitrogen and oxygen atoms in total. The van der Waals surface area contributed by atoms with E-state index in [2.05, 4.69) is 0 Å². The average Bonchev–Trinajstić information content (AvgIpc) is 2.82. The molecule has 4 rings (SSSR count). The van der Waals surface area contributed by atoms with E-state index in [0.29, 0.717) is 30.8 Å². The van der Waals surface area contributed by atoms with E-state index in [1.807, 2.05) is 18.2 Å². The van der Waals surface area contributed by atoms with Crippen molar-refractivity contribution in [1.29, 1.82) is 0 Å². The molecule has 3 saturated carbocycles. The molecule has 4 atom stereocenters. The van der Waals surface area contributed by atoms with E-state index in [1.165, 1.54) is 0 Å². The summed E-state index contributed by atoms with van der Waals surface area (Å²) in [7, 11) is 0. The van der Waals surface area contributed by atoms with Gasteiger partial charge in [-0.25, -0.2) is 4.79 Å². The van der Waals surface area contributed by atoms with Crippen LogP contribution in [0.3, 0.4) is 0 Å². The van der Waals surface area contributed by atoms with Crippen molar-refractivity contribution in [3.63, 3.8) is 0 Å². The molecule has 3 aliphatic carbocycles. The van der Waals surface area contributed by atoms with Crippen LogP contribution in [0.5, 0.6) is 0 Å². The summed E-state index contributed by atoms with van der Waals surface area (Å²) in [5.74, 6) is 0.243. The highest BCUT2D eigenvalue weighted by molar-refractivity contribution is 5.97. The molecule has 3 aliphatic rings. The molecule has 1 spiro atoms. The third-order valence-corrected chi connectivity index (χ3v) is 6.81. The fourth-order valence-electron chi connectivity index (χ4n) is 5.49. The predicted molar refractivity (Wildman–Crippen MR) is 96.6 cm³/mol. The molecule has 0 heterocycles. The number of Topliss-reactive ketones (excluding diaryl/α,β-unsaturated/α-hetero) is 2. The van der Waals surface area contributed by atoms with Crippen LogP contribution in [-0.4, -0.2) is 24.1 Å². The fourth-order valence-corrected chi connectivity index (χ4v) is 5.49. The lowest BCUT2D eigenvalue weighted by Gasteiger charge is -2.32. The number of carbonyl (C=O) groups excluding carboxylic acids is 3. The molecule has 26 heavy (non-hydrogen) atoms. The van der Waals surface area contributed by atoms with Crippen LogP contribution in [0, 0.1) is 23.2 Å². The van der Waals surface area contributed by atoms with E-state index in [-0.39, 0.29) is 29.5 Å². The largest absolute Gasteiger partial charge is 0.462 e. The lowest BCUT2D eigenvalue weighted by Crippen LogP contribution is -2.37. The van der Waals surface area contributed by atoms with Gasteiger partial charge in [-0.3, -0.25) is 9.59 Å². The van der Waals surface area contributed by atoms with Crippen molar-refractivity contribution in [3.8, 4) is 0 Å². The Morgan fingerprint density at radius 2 is 1.88 bits per heavy atom. The van der Waals surface area contributed by atoms with Crippen molar-refractivity contribution < 1.29 is 19.1 Å². The second kappa shape index (κ2) is 6.98. The topological polar surface area (TPSA) is 60.4 Å². The first kappa shape index (κ1) is 17.4. The van der Waals surface area contributed by atoms with Crippen molar-refractivity contribution >= 4 is 17.5 Å². The highest BCUT2D eigenvalue weighted by Gasteiger charge is 2.56. The lowest BCUT2D eigenvalue weighted by atomic mass is 9.69. The van der Waals surface area contributed by atoms with Crippen LogP contribution in [0.4, 0.5) is 0 Å². The number of esters is 1. The zero-order valence-corrected chi connectivity index (χ0v) is 15.1. The van der Waals surface area contributed by atoms with Gasteiger partial charge in [0.2, 0.25) is 0 Å². The Hall–Kier alpha value is -1.97. The van der Waals surface area contributed by atoms with Crippen molar-refractivity contribution in [2.75, 3.05) is 6.61 Å². The SMILES string of the molecule is O=C(OC[C@H]1C[C@H]2CCCC[C@@]3(CCC(=O)[C@H]3C1)C2=O)c1ccccc1. The Morgan fingerprint density at radius 1 is 1.08 bits per heavy atom. The molecule has 1 aromatic rings. The number of fused-ring (bicyclic) bond motifs is 1. The van der Waals surface area contributed by atoms with Gasteiger partial charge in [0.25, 0.3) is 0 Å². The quantitative estimate of drug-likeness (QED) is 0.771. The molecule has 0 aromatic heterocycles. The molecular formula is C22H26O4. The lowest BCUT2D eigenvalue weighted by molar-refractivity contribution is -0.137. The van der Waals surface area contributed by atoms with Gasteiger partial charge in [-0.2, -0.15) is 0 Å². The van der Waals surface area contributed by atoms with E-state index in [4.69, 9.17) is 4.74 Å². The minimum absolute atomic E-state index is 0.0360. The van der Waals surface area contributed by atoms with Crippen LogP contribution in [0.2, 0.25) is 0 Å². The number of hydrogen-bond acceptors (Lipinski definition) is 4. The van der Waals surface area contributed by atoms with Gasteiger partial charge in [0.1, 0.15) is 11.6 Å². The number of carbonyl (C=O) groups is 3. The van der Waals surface area contributed by atoms with Gasteiger partial charge in [0.05, 0.1) is 12.2 Å². The third-order valence-electron chi connectivity index (χ3n) is 6.81. The number of ether oxygens (including phenoxy) is 1. The highest BCUT2D eigenvalue weighted by Crippen LogP contribution is 2.55. The van der Waals surface area contributed by atoms with Gasteiger partial charge >= 0.3 is 5.97 Å². The molecule has 0 saturated heterocycles. The van der Waals surface area contributed by atoms with E-state index < -0.39 is 5.41 Å². The summed E-state index contributed by atoms with van der Waals surface area (Å²) in [6.07, 6.45) is 6.65. The normalized spacial score (nSPS) is 33.9. The number of benzene rings is 1. The summed E-state index contributed by atoms with van der Waals surface area (Å²) >= 11 is 0. The second-order valence-electron chi connectivity index (χ2n) is 8.28. The Kier molecular flexibility index (Phi) is 4.68. The molecule has 0 radical (unpaired) electrons. The molecule has 0 N–H and O–H groups in total. The highest BCUT2D eigenvalue weighted by atomic mass is 16.5. The summed E-state index contributed by atoms with van der Waals surface area (Å²) in [4.78, 5) is 38.1. The van der Waals surface area contributed by atoms with Crippen LogP contribution in [0.15, 0.2) is 30.3 Å². The van der Waals surface area contributed by atoms with Gasteiger partial charge in [0.15, 0.2) is 0 Å². The Labute approximate surface area is 154 Å². The Balaban J connectivity index is 1.51. The first-order valence-electron chi connectivity index (χ1n) is 9.89. The molecule has 1 aromatic carbocycles. The molecule has 0 amide bonds. The number of ketones is 2. The van der Waals surface area contributed by atoms with Gasteiger partial charge in [-0.15, -0.1) is 0 Å². The Bertz CT molecular complexity index is 710. The monoisotopic (exact) mass is 354 g/mol. The van der Waals surface area contributed by atoms with E-state index in [1.54, 1.807) is 12.1 Å². The third kappa shape index (κ3) is 3.00. The molecule has 2 bridgehead atoms.